The number of rotatable bonds is 28. The van der Waals surface area contributed by atoms with E-state index in [1.807, 2.05) is 93.9 Å². The molecule has 3 saturated carbocycles. The highest BCUT2D eigenvalue weighted by atomic mass is 32.2. The molecule has 2 unspecified atom stereocenters. The number of thioether (sulfide) groups is 1. The second-order valence-corrected chi connectivity index (χ2v) is 37.3. The van der Waals surface area contributed by atoms with Gasteiger partial charge >= 0.3 is 11.7 Å². The largest absolute Gasteiger partial charge is 0.501 e. The van der Waals surface area contributed by atoms with Crippen molar-refractivity contribution in [1.29, 1.82) is 0 Å². The van der Waals surface area contributed by atoms with Gasteiger partial charge in [0.2, 0.25) is 23.6 Å². The Kier molecular flexibility index (Phi) is 24.5. The number of β-amino-alcohol motifs (C(OH)–C–C–N with tert-alkyl or cyclic N) is 1. The normalized spacial score (nSPS) is 22.5. The minimum absolute atomic E-state index is 0.0204. The Labute approximate surface area is 631 Å². The van der Waals surface area contributed by atoms with Gasteiger partial charge < -0.3 is 35.8 Å². The number of anilines is 2. The molecule has 7 aliphatic rings. The van der Waals surface area contributed by atoms with Gasteiger partial charge in [0.1, 0.15) is 17.0 Å². The highest BCUT2D eigenvalue weighted by molar-refractivity contribution is 7.99. The zero-order valence-corrected chi connectivity index (χ0v) is 64.9. The van der Waals surface area contributed by atoms with Crippen LogP contribution in [0.5, 0.6) is 0 Å². The summed E-state index contributed by atoms with van der Waals surface area (Å²) in [6, 6.07) is 22.3. The van der Waals surface area contributed by atoms with Crippen LogP contribution in [0.25, 0.3) is 10.4 Å². The summed E-state index contributed by atoms with van der Waals surface area (Å²) in [7, 11) is -11.2. The molecule has 1 aromatic heterocycles. The van der Waals surface area contributed by atoms with Crippen LogP contribution in [0.4, 0.5) is 37.7 Å². The molecule has 4 heterocycles. The van der Waals surface area contributed by atoms with Crippen LogP contribution in [0.15, 0.2) is 128 Å². The van der Waals surface area contributed by atoms with Crippen LogP contribution in [0.2, 0.25) is 0 Å². The number of hydrogen-bond donors (Lipinski definition) is 5. The third-order valence-corrected chi connectivity index (χ3v) is 27.3. The van der Waals surface area contributed by atoms with E-state index < -0.39 is 106 Å². The van der Waals surface area contributed by atoms with Crippen molar-refractivity contribution in [3.8, 4) is 10.4 Å². The maximum atomic E-state index is 14.6. The lowest BCUT2D eigenvalue weighted by atomic mass is 9.31. The van der Waals surface area contributed by atoms with Gasteiger partial charge in [0, 0.05) is 119 Å². The first-order valence-electron chi connectivity index (χ1n) is 36.7. The molecule has 0 spiro atoms. The van der Waals surface area contributed by atoms with Crippen molar-refractivity contribution in [2.45, 2.75) is 189 Å². The number of carbonyl (C=O) groups excluding carboxylic acids is 5. The number of aliphatic hydroxyl groups is 1. The van der Waals surface area contributed by atoms with Gasteiger partial charge in [0.15, 0.2) is 0 Å². The second-order valence-electron chi connectivity index (χ2n) is 31.8. The van der Waals surface area contributed by atoms with Crippen LogP contribution >= 0.6 is 23.1 Å². The number of aliphatic hydroxyl groups excluding tert-OH is 1. The lowest BCUT2D eigenvalue weighted by Gasteiger charge is -2.72. The average molecular weight is 1570 g/mol. The minimum atomic E-state index is -6.21. The van der Waals surface area contributed by atoms with Gasteiger partial charge in [-0.1, -0.05) is 94.7 Å². The maximum absolute atomic E-state index is 14.6. The molecular weight excluding hydrogens is 1470 g/mol. The molecule has 2 bridgehead atoms. The van der Waals surface area contributed by atoms with Gasteiger partial charge in [-0.15, -0.1) is 23.1 Å². The van der Waals surface area contributed by atoms with E-state index >= 15 is 0 Å². The molecule has 5 N–H and O–H groups in total. The number of hydrogen-bond acceptors (Lipinski definition) is 17. The van der Waals surface area contributed by atoms with Crippen molar-refractivity contribution in [2.24, 2.45) is 21.7 Å². The topological polar surface area (TPSA) is 251 Å². The van der Waals surface area contributed by atoms with Crippen molar-refractivity contribution >= 4 is 83.9 Å². The molecule has 20 nitrogen and oxygen atoms in total. The Morgan fingerprint density at radius 2 is 1.44 bits per heavy atom. The zero-order valence-electron chi connectivity index (χ0n) is 61.6. The van der Waals surface area contributed by atoms with Crippen molar-refractivity contribution in [3.63, 3.8) is 0 Å². The Bertz CT molecular complexity index is 4290. The van der Waals surface area contributed by atoms with Crippen molar-refractivity contribution in [2.75, 3.05) is 88.0 Å². The van der Waals surface area contributed by atoms with Crippen molar-refractivity contribution in [1.82, 2.24) is 39.9 Å². The Hall–Kier alpha value is -7.09. The van der Waals surface area contributed by atoms with Crippen LogP contribution in [0, 0.1) is 28.6 Å². The number of nitrogens with zero attached hydrogens (tertiary/aromatic N) is 6. The molecule has 3 saturated heterocycles. The number of piperazine rings is 2. The number of aromatic nitrogens is 1. The highest BCUT2D eigenvalue weighted by Crippen LogP contribution is 2.82. The first kappa shape index (κ1) is 80.9. The monoisotopic (exact) mass is 1560 g/mol. The number of benzene rings is 4. The van der Waals surface area contributed by atoms with Crippen molar-refractivity contribution in [3.05, 3.63) is 131 Å². The zero-order chi connectivity index (χ0) is 77.2. The molecule has 582 valence electrons. The Balaban J connectivity index is 0.641. The van der Waals surface area contributed by atoms with E-state index in [9.17, 15) is 72.3 Å². The number of sulfone groups is 1. The van der Waals surface area contributed by atoms with E-state index in [1.165, 1.54) is 39.9 Å². The summed E-state index contributed by atoms with van der Waals surface area (Å²) >= 11 is 2.92. The van der Waals surface area contributed by atoms with Crippen LogP contribution < -0.4 is 25.6 Å². The number of likely N-dealkylation sites (tertiary alicyclic amines) is 1. The fourth-order valence-corrected chi connectivity index (χ4v) is 19.8. The number of allylic oxidation sites excluding steroid dienone is 1. The molecule has 3 aliphatic heterocycles. The number of sulfonamides is 1. The first-order chi connectivity index (χ1) is 50.3. The van der Waals surface area contributed by atoms with Crippen LogP contribution in [0.3, 0.4) is 0 Å². The van der Waals surface area contributed by atoms with Gasteiger partial charge in [0.05, 0.1) is 44.2 Å². The summed E-state index contributed by atoms with van der Waals surface area (Å²) in [5.41, 5.74) is -1.23. The van der Waals surface area contributed by atoms with E-state index in [0.29, 0.717) is 90.8 Å². The molecule has 6 fully saturated rings. The van der Waals surface area contributed by atoms with Crippen LogP contribution in [-0.4, -0.2) is 190 Å². The predicted molar refractivity (Wildman–Crippen MR) is 401 cm³/mol. The van der Waals surface area contributed by atoms with Gasteiger partial charge in [-0.2, -0.15) is 26.3 Å². The number of amides is 5. The summed E-state index contributed by atoms with van der Waals surface area (Å²) in [4.78, 5) is 82.3. The molecule has 107 heavy (non-hydrogen) atoms. The van der Waals surface area contributed by atoms with Gasteiger partial charge in [-0.25, -0.2) is 26.5 Å². The molecule has 5 atom stereocenters. The predicted octanol–water partition coefficient (Wildman–Crippen LogP) is 12.3. The number of nitrogens with one attached hydrogen (secondary N) is 4. The standard InChI is InChI=1S/C77H98F6N10O10S4/c1-50(52-18-20-53(21-19-52)67-51(2)84-49-105-67)85-70(98)63-40-58(94)44-93(63)71(99)68(72(3,4)5)87-65(95)16-12-9-13-17-66(96)92-38-32-89(33-39-92)31-29-56(45-104-59-14-10-8-11-15-59)86-62-27-26-60(41-64(62)106(100,101)77(81,82)83)107(102,103)88-69(97)54-22-24-57(25-23-54)91-36-34-90(35-37-91)43-55-28-30-73(6,7)42-61(55)74-46-75(47-74,48-74)76(78,79)80/h8,10-11,14-15,18-27,41,49-50,56,58,63,68,86,94H,9,12-13,16-17,28-40,42-48H2,1-7H3,(H,85,98)(H,87,95)(H,88,97)/t50-,56?,58+,63-,68?,74?,75?/m0/s1. The lowest BCUT2D eigenvalue weighted by molar-refractivity contribution is -0.353. The molecule has 5 amide bonds. The van der Waals surface area contributed by atoms with E-state index in [-0.39, 0.29) is 85.5 Å². The van der Waals surface area contributed by atoms with Crippen LogP contribution in [0.1, 0.15) is 153 Å². The third-order valence-electron chi connectivity index (χ3n) is 22.3. The second kappa shape index (κ2) is 32.5. The minimum Gasteiger partial charge on any atom is -0.391 e. The van der Waals surface area contributed by atoms with E-state index in [4.69, 9.17) is 0 Å². The van der Waals surface area contributed by atoms with Crippen molar-refractivity contribution < 1.29 is 72.3 Å². The number of halogens is 6. The first-order valence-corrected chi connectivity index (χ1v) is 41.6. The maximum Gasteiger partial charge on any atom is 0.501 e. The smallest absolute Gasteiger partial charge is 0.391 e. The third kappa shape index (κ3) is 18.9. The highest BCUT2D eigenvalue weighted by Gasteiger charge is 2.79. The fourth-order valence-electron chi connectivity index (χ4n) is 15.9. The van der Waals surface area contributed by atoms with E-state index in [1.54, 1.807) is 33.9 Å². The van der Waals surface area contributed by atoms with E-state index in [2.05, 4.69) is 49.5 Å². The fraction of sp³-hybridized carbons (Fsp3) is 0.558. The number of alkyl halides is 6. The lowest BCUT2D eigenvalue weighted by Crippen LogP contribution is -2.69. The SMILES string of the molecule is Cc1ncsc1-c1ccc([C@H](C)NC(=O)[C@@H]2C[C@@H](O)CN2C(=O)C(NC(=O)CCCCCC(=O)N2CCN(CCC(CSc3ccccc3)Nc3ccc(S(=O)(=O)NC(=O)c4ccc(N5CCN(CC6=C(C78CC(C(F)(F)F)(C7)C8)CC(C)(C)CC6)CC5)cc4)cc3S(=O)(=O)C(F)(F)F)CC2)C(C)(C)C)cc1. The summed E-state index contributed by atoms with van der Waals surface area (Å²) < 4.78 is 142. The average Bonchev–Trinajstić information content (AvgIpc) is 0.977. The number of carbonyl (C=O) groups is 5. The van der Waals surface area contributed by atoms with Gasteiger partial charge in [-0.05, 0) is 154 Å². The summed E-state index contributed by atoms with van der Waals surface area (Å²) in [6.45, 7) is 18.9. The number of aryl methyl sites for hydroxylation is 1. The van der Waals surface area contributed by atoms with Crippen LogP contribution in [-0.2, 0) is 39.0 Å². The summed E-state index contributed by atoms with van der Waals surface area (Å²) in [5, 5.41) is 19.7. The Morgan fingerprint density at radius 3 is 2.07 bits per heavy atom. The summed E-state index contributed by atoms with van der Waals surface area (Å²) in [5.74, 6) is -2.20. The molecule has 0 radical (unpaired) electrons. The quantitative estimate of drug-likeness (QED) is 0.0135. The number of thiazole rings is 1. The van der Waals surface area contributed by atoms with Gasteiger partial charge in [-0.3, -0.25) is 33.8 Å². The number of unbranched alkanes of at least 4 members (excludes halogenated alkanes) is 2. The van der Waals surface area contributed by atoms with Gasteiger partial charge in [0.25, 0.3) is 25.8 Å². The molecule has 4 aromatic carbocycles. The van der Waals surface area contributed by atoms with E-state index in [0.717, 1.165) is 63.7 Å². The summed E-state index contributed by atoms with van der Waals surface area (Å²) in [6.07, 6.45) is 0.148. The molecule has 30 heteroatoms. The molecule has 5 aromatic rings. The molecule has 4 aliphatic carbocycles. The Morgan fingerprint density at radius 1 is 0.785 bits per heavy atom. The molecule has 12 rings (SSSR count). The molecular formula is C77H98F6N10O10S4.